The Labute approximate surface area is 178 Å². The minimum absolute atomic E-state index is 0.0286. The van der Waals surface area contributed by atoms with Crippen LogP contribution in [0.3, 0.4) is 0 Å². The Morgan fingerprint density at radius 2 is 2.00 bits per heavy atom. The van der Waals surface area contributed by atoms with Crippen molar-refractivity contribution in [1.82, 2.24) is 19.9 Å². The molecule has 5 rings (SSSR count). The third-order valence-electron chi connectivity index (χ3n) is 5.88. The molecule has 1 saturated heterocycles. The number of aryl methyl sites for hydroxylation is 1. The van der Waals surface area contributed by atoms with Gasteiger partial charge in [-0.2, -0.15) is 0 Å². The molecule has 1 aromatic carbocycles. The van der Waals surface area contributed by atoms with E-state index in [4.69, 9.17) is 9.47 Å². The van der Waals surface area contributed by atoms with Gasteiger partial charge in [0.15, 0.2) is 23.0 Å². The summed E-state index contributed by atoms with van der Waals surface area (Å²) < 4.78 is 12.2. The highest BCUT2D eigenvalue weighted by molar-refractivity contribution is 5.79. The van der Waals surface area contributed by atoms with Crippen LogP contribution in [0.2, 0.25) is 0 Å². The van der Waals surface area contributed by atoms with Crippen LogP contribution in [0.15, 0.2) is 41.3 Å². The molecular formula is C22H23N5O4. The lowest BCUT2D eigenvalue weighted by atomic mass is 9.96. The number of hydrogen-bond acceptors (Lipinski definition) is 7. The summed E-state index contributed by atoms with van der Waals surface area (Å²) in [6.07, 6.45) is 2.99. The Kier molecular flexibility index (Phi) is 4.93. The van der Waals surface area contributed by atoms with Gasteiger partial charge < -0.3 is 19.7 Å². The first-order chi connectivity index (χ1) is 15.1. The molecule has 2 aromatic heterocycles. The first-order valence-electron chi connectivity index (χ1n) is 10.3. The van der Waals surface area contributed by atoms with Crippen molar-refractivity contribution in [2.75, 3.05) is 24.8 Å². The van der Waals surface area contributed by atoms with Gasteiger partial charge in [0, 0.05) is 38.8 Å². The molecule has 160 valence electrons. The number of pyridine rings is 1. The van der Waals surface area contributed by atoms with Crippen molar-refractivity contribution in [2.45, 2.75) is 19.4 Å². The van der Waals surface area contributed by atoms with Gasteiger partial charge in [0.1, 0.15) is 5.52 Å². The summed E-state index contributed by atoms with van der Waals surface area (Å²) in [4.78, 5) is 36.2. The molecule has 2 aliphatic rings. The number of rotatable bonds is 4. The molecule has 1 amide bonds. The van der Waals surface area contributed by atoms with Crippen LogP contribution in [-0.4, -0.2) is 40.3 Å². The van der Waals surface area contributed by atoms with Crippen LogP contribution in [0.4, 0.5) is 5.82 Å². The van der Waals surface area contributed by atoms with E-state index in [2.05, 4.69) is 15.3 Å². The number of aromatic nitrogens is 3. The molecule has 0 atom stereocenters. The maximum Gasteiger partial charge on any atom is 0.294 e. The zero-order valence-electron chi connectivity index (χ0n) is 17.2. The number of piperidine rings is 1. The molecule has 0 saturated carbocycles. The van der Waals surface area contributed by atoms with Crippen molar-refractivity contribution in [3.8, 4) is 11.5 Å². The number of benzene rings is 1. The lowest BCUT2D eigenvalue weighted by Gasteiger charge is -2.31. The number of anilines is 1. The predicted molar refractivity (Wildman–Crippen MR) is 114 cm³/mol. The Balaban J connectivity index is 1.21. The van der Waals surface area contributed by atoms with E-state index in [-0.39, 0.29) is 24.2 Å². The maximum atomic E-state index is 12.8. The van der Waals surface area contributed by atoms with Gasteiger partial charge in [-0.15, -0.1) is 0 Å². The smallest absolute Gasteiger partial charge is 0.294 e. The third-order valence-corrected chi connectivity index (χ3v) is 5.88. The fraction of sp³-hybridized carbons (Fsp3) is 0.364. The predicted octanol–water partition coefficient (Wildman–Crippen LogP) is 1.59. The van der Waals surface area contributed by atoms with E-state index in [1.165, 1.54) is 4.57 Å². The number of nitrogens with zero attached hydrogens (tertiary/aromatic N) is 4. The number of carbonyl (C=O) groups excluding carboxylic acids is 1. The van der Waals surface area contributed by atoms with Crippen LogP contribution >= 0.6 is 0 Å². The fourth-order valence-electron chi connectivity index (χ4n) is 4.09. The van der Waals surface area contributed by atoms with Crippen LogP contribution < -0.4 is 25.2 Å². The topological polar surface area (TPSA) is 98.6 Å². The second-order valence-electron chi connectivity index (χ2n) is 7.81. The van der Waals surface area contributed by atoms with Gasteiger partial charge in [-0.25, -0.2) is 9.97 Å². The Morgan fingerprint density at radius 1 is 1.19 bits per heavy atom. The van der Waals surface area contributed by atoms with Crippen LogP contribution in [0, 0.1) is 5.92 Å². The van der Waals surface area contributed by atoms with Crippen molar-refractivity contribution in [3.05, 3.63) is 52.4 Å². The molecule has 31 heavy (non-hydrogen) atoms. The van der Waals surface area contributed by atoms with Gasteiger partial charge in [-0.1, -0.05) is 6.07 Å². The zero-order chi connectivity index (χ0) is 21.4. The Hall–Kier alpha value is -3.62. The highest BCUT2D eigenvalue weighted by atomic mass is 16.7. The average molecular weight is 421 g/mol. The first-order valence-corrected chi connectivity index (χ1v) is 10.3. The number of ether oxygens (including phenoxy) is 2. The van der Waals surface area contributed by atoms with E-state index >= 15 is 0 Å². The molecule has 2 aliphatic heterocycles. The minimum Gasteiger partial charge on any atom is -0.454 e. The van der Waals surface area contributed by atoms with Crippen LogP contribution in [0.5, 0.6) is 11.5 Å². The van der Waals surface area contributed by atoms with Crippen molar-refractivity contribution in [3.63, 3.8) is 0 Å². The normalized spacial score (nSPS) is 16.0. The first kappa shape index (κ1) is 19.3. The van der Waals surface area contributed by atoms with Gasteiger partial charge in [-0.3, -0.25) is 14.2 Å². The summed E-state index contributed by atoms with van der Waals surface area (Å²) in [6, 6.07) is 9.32. The lowest BCUT2D eigenvalue weighted by Crippen LogP contribution is -2.43. The number of carbonyl (C=O) groups is 1. The van der Waals surface area contributed by atoms with Crippen LogP contribution in [-0.2, 0) is 18.4 Å². The SMILES string of the molecule is Cn1c(=O)c(N2CCC(C(=O)NCc3ccc4c(c3)OCO4)CC2)nc2cccnc21. The summed E-state index contributed by atoms with van der Waals surface area (Å²) in [7, 11) is 1.71. The summed E-state index contributed by atoms with van der Waals surface area (Å²) in [6.45, 7) is 1.89. The van der Waals surface area contributed by atoms with Gasteiger partial charge in [0.05, 0.1) is 0 Å². The van der Waals surface area contributed by atoms with E-state index in [0.29, 0.717) is 55.2 Å². The molecule has 9 nitrogen and oxygen atoms in total. The van der Waals surface area contributed by atoms with Gasteiger partial charge in [0.25, 0.3) is 5.56 Å². The number of amides is 1. The van der Waals surface area contributed by atoms with Gasteiger partial charge in [0.2, 0.25) is 12.7 Å². The Bertz CT molecular complexity index is 1200. The second-order valence-corrected chi connectivity index (χ2v) is 7.81. The molecular weight excluding hydrogens is 398 g/mol. The van der Waals surface area contributed by atoms with Crippen molar-refractivity contribution in [1.29, 1.82) is 0 Å². The summed E-state index contributed by atoms with van der Waals surface area (Å²) in [5.74, 6) is 1.80. The molecule has 3 aromatic rings. The molecule has 4 heterocycles. The average Bonchev–Trinajstić information content (AvgIpc) is 3.28. The molecule has 0 bridgehead atoms. The number of nitrogens with one attached hydrogen (secondary N) is 1. The molecule has 0 unspecified atom stereocenters. The standard InChI is InChI=1S/C22H23N5O4/c1-26-19-16(3-2-8-23-19)25-20(22(26)29)27-9-6-15(7-10-27)21(28)24-12-14-4-5-17-18(11-14)31-13-30-17/h2-5,8,11,15H,6-7,9-10,12-13H2,1H3,(H,24,28). The molecule has 0 radical (unpaired) electrons. The second kappa shape index (κ2) is 7.90. The highest BCUT2D eigenvalue weighted by Crippen LogP contribution is 2.32. The van der Waals surface area contributed by atoms with Crippen molar-refractivity contribution < 1.29 is 14.3 Å². The van der Waals surface area contributed by atoms with E-state index in [1.807, 2.05) is 29.2 Å². The van der Waals surface area contributed by atoms with Gasteiger partial charge in [-0.05, 0) is 42.7 Å². The van der Waals surface area contributed by atoms with Crippen LogP contribution in [0.1, 0.15) is 18.4 Å². The fourth-order valence-corrected chi connectivity index (χ4v) is 4.09. The molecule has 1 N–H and O–H groups in total. The van der Waals surface area contributed by atoms with Crippen molar-refractivity contribution >= 4 is 22.9 Å². The van der Waals surface area contributed by atoms with Gasteiger partial charge >= 0.3 is 0 Å². The Morgan fingerprint density at radius 3 is 2.84 bits per heavy atom. The molecule has 0 aliphatic carbocycles. The monoisotopic (exact) mass is 421 g/mol. The summed E-state index contributed by atoms with van der Waals surface area (Å²) in [5.41, 5.74) is 2.04. The summed E-state index contributed by atoms with van der Waals surface area (Å²) in [5, 5.41) is 3.02. The number of hydrogen-bond donors (Lipinski definition) is 1. The van der Waals surface area contributed by atoms with E-state index < -0.39 is 0 Å². The molecule has 0 spiro atoms. The third kappa shape index (κ3) is 3.67. The van der Waals surface area contributed by atoms with E-state index in [0.717, 1.165) is 11.3 Å². The maximum absolute atomic E-state index is 12.8. The van der Waals surface area contributed by atoms with E-state index in [9.17, 15) is 9.59 Å². The number of fused-ring (bicyclic) bond motifs is 2. The molecule has 9 heteroatoms. The van der Waals surface area contributed by atoms with E-state index in [1.54, 1.807) is 19.3 Å². The summed E-state index contributed by atoms with van der Waals surface area (Å²) >= 11 is 0. The quantitative estimate of drug-likeness (QED) is 0.683. The zero-order valence-corrected chi connectivity index (χ0v) is 17.2. The minimum atomic E-state index is -0.170. The van der Waals surface area contributed by atoms with Crippen molar-refractivity contribution in [2.24, 2.45) is 13.0 Å². The lowest BCUT2D eigenvalue weighted by molar-refractivity contribution is -0.125. The molecule has 1 fully saturated rings. The largest absolute Gasteiger partial charge is 0.454 e. The van der Waals surface area contributed by atoms with Crippen LogP contribution in [0.25, 0.3) is 11.2 Å². The highest BCUT2D eigenvalue weighted by Gasteiger charge is 2.27.